The van der Waals surface area contributed by atoms with Crippen LogP contribution >= 0.6 is 0 Å². The van der Waals surface area contributed by atoms with E-state index in [4.69, 9.17) is 9.47 Å². The predicted molar refractivity (Wildman–Crippen MR) is 83.3 cm³/mol. The molecule has 0 N–H and O–H groups in total. The lowest BCUT2D eigenvalue weighted by atomic mass is 9.57. The molecule has 1 unspecified atom stereocenters. The highest BCUT2D eigenvalue weighted by Crippen LogP contribution is 2.58. The summed E-state index contributed by atoms with van der Waals surface area (Å²) < 4.78 is 11.7. The SMILES string of the molecule is CCC[C@H]1C2Cc3ccc(OC)c4c3[C@]1(CCN2C)CO4. The van der Waals surface area contributed by atoms with E-state index in [-0.39, 0.29) is 5.41 Å². The van der Waals surface area contributed by atoms with Crippen molar-refractivity contribution in [1.82, 2.24) is 4.90 Å². The smallest absolute Gasteiger partial charge is 0.165 e. The van der Waals surface area contributed by atoms with Gasteiger partial charge in [-0.15, -0.1) is 0 Å². The number of fused-ring (bicyclic) bond motifs is 1. The van der Waals surface area contributed by atoms with Crippen molar-refractivity contribution in [2.75, 3.05) is 27.3 Å². The lowest BCUT2D eigenvalue weighted by Crippen LogP contribution is -2.59. The minimum absolute atomic E-state index is 0.241. The van der Waals surface area contributed by atoms with Crippen LogP contribution in [0.25, 0.3) is 0 Å². The van der Waals surface area contributed by atoms with Gasteiger partial charge < -0.3 is 14.4 Å². The van der Waals surface area contributed by atoms with E-state index in [9.17, 15) is 0 Å². The standard InChI is InChI=1S/C18H25NO2/c1-4-5-13-14-10-12-6-7-15(20-3)17-16(12)18(13,11-21-17)8-9-19(14)2/h6-7,13-14H,4-5,8-11H2,1-3H3/t13-,14?,18+/m0/s1. The molecule has 1 aromatic carbocycles. The van der Waals surface area contributed by atoms with Crippen molar-refractivity contribution in [3.05, 3.63) is 23.3 Å². The molecule has 1 aromatic rings. The molecule has 2 aliphatic heterocycles. The Morgan fingerprint density at radius 3 is 3.05 bits per heavy atom. The fraction of sp³-hybridized carbons (Fsp3) is 0.667. The maximum absolute atomic E-state index is 6.19. The van der Waals surface area contributed by atoms with Crippen LogP contribution in [0.4, 0.5) is 0 Å². The number of ether oxygens (including phenoxy) is 2. The average molecular weight is 287 g/mol. The minimum Gasteiger partial charge on any atom is -0.493 e. The van der Waals surface area contributed by atoms with Crippen LogP contribution in [-0.2, 0) is 11.8 Å². The van der Waals surface area contributed by atoms with Gasteiger partial charge in [0.1, 0.15) is 0 Å². The summed E-state index contributed by atoms with van der Waals surface area (Å²) in [6, 6.07) is 5.03. The van der Waals surface area contributed by atoms with Crippen LogP contribution < -0.4 is 9.47 Å². The summed E-state index contributed by atoms with van der Waals surface area (Å²) in [7, 11) is 4.04. The molecule has 0 amide bonds. The van der Waals surface area contributed by atoms with E-state index < -0.39 is 0 Å². The highest BCUT2D eigenvalue weighted by molar-refractivity contribution is 5.59. The third kappa shape index (κ3) is 1.64. The lowest BCUT2D eigenvalue weighted by Gasteiger charge is -2.53. The second kappa shape index (κ2) is 4.64. The van der Waals surface area contributed by atoms with Crippen LogP contribution in [0, 0.1) is 5.92 Å². The normalized spacial score (nSPS) is 33.5. The van der Waals surface area contributed by atoms with E-state index in [1.807, 2.05) is 0 Å². The molecule has 3 atom stereocenters. The van der Waals surface area contributed by atoms with Crippen molar-refractivity contribution in [2.24, 2.45) is 5.92 Å². The van der Waals surface area contributed by atoms with Gasteiger partial charge in [-0.2, -0.15) is 0 Å². The Morgan fingerprint density at radius 1 is 1.43 bits per heavy atom. The van der Waals surface area contributed by atoms with Gasteiger partial charge in [0.15, 0.2) is 11.5 Å². The van der Waals surface area contributed by atoms with Gasteiger partial charge >= 0.3 is 0 Å². The average Bonchev–Trinajstić information content (AvgIpc) is 2.88. The molecule has 1 fully saturated rings. The van der Waals surface area contributed by atoms with Gasteiger partial charge in [0.25, 0.3) is 0 Å². The first-order valence-corrected chi connectivity index (χ1v) is 8.24. The fourth-order valence-corrected chi connectivity index (χ4v) is 5.09. The van der Waals surface area contributed by atoms with Crippen molar-refractivity contribution >= 4 is 0 Å². The highest BCUT2D eigenvalue weighted by atomic mass is 16.5. The summed E-state index contributed by atoms with van der Waals surface area (Å²) in [6.07, 6.45) is 4.94. The molecule has 4 rings (SSSR count). The number of hydrogen-bond acceptors (Lipinski definition) is 3. The molecule has 2 heterocycles. The number of methoxy groups -OCH3 is 1. The van der Waals surface area contributed by atoms with Gasteiger partial charge in [-0.05, 0) is 50.4 Å². The number of likely N-dealkylation sites (tertiary alicyclic amines) is 1. The summed E-state index contributed by atoms with van der Waals surface area (Å²) in [5.74, 6) is 2.68. The monoisotopic (exact) mass is 287 g/mol. The minimum atomic E-state index is 0.241. The highest BCUT2D eigenvalue weighted by Gasteiger charge is 2.56. The Hall–Kier alpha value is -1.22. The van der Waals surface area contributed by atoms with Gasteiger partial charge in [-0.1, -0.05) is 19.4 Å². The van der Waals surface area contributed by atoms with Gasteiger partial charge in [0.05, 0.1) is 13.7 Å². The van der Waals surface area contributed by atoms with Gasteiger partial charge in [0, 0.05) is 17.0 Å². The molecule has 1 aliphatic carbocycles. The first kappa shape index (κ1) is 13.4. The number of likely N-dealkylation sites (N-methyl/N-ethyl adjacent to an activating group) is 1. The predicted octanol–water partition coefficient (Wildman–Crippen LogP) is 3.00. The van der Waals surface area contributed by atoms with E-state index in [1.54, 1.807) is 7.11 Å². The molecule has 0 radical (unpaired) electrons. The van der Waals surface area contributed by atoms with E-state index in [2.05, 4.69) is 31.0 Å². The van der Waals surface area contributed by atoms with Crippen LogP contribution in [0.15, 0.2) is 12.1 Å². The number of nitrogens with zero attached hydrogens (tertiary/aromatic N) is 1. The molecule has 3 heteroatoms. The Morgan fingerprint density at radius 2 is 2.29 bits per heavy atom. The van der Waals surface area contributed by atoms with Gasteiger partial charge in [0.2, 0.25) is 0 Å². The van der Waals surface area contributed by atoms with Crippen LogP contribution in [0.3, 0.4) is 0 Å². The third-order valence-electron chi connectivity index (χ3n) is 6.08. The summed E-state index contributed by atoms with van der Waals surface area (Å²) in [4.78, 5) is 2.58. The van der Waals surface area contributed by atoms with E-state index in [0.29, 0.717) is 6.04 Å². The van der Waals surface area contributed by atoms with Gasteiger partial charge in [-0.3, -0.25) is 0 Å². The molecule has 1 spiro atoms. The van der Waals surface area contributed by atoms with Crippen LogP contribution in [0.5, 0.6) is 11.5 Å². The van der Waals surface area contributed by atoms with E-state index >= 15 is 0 Å². The summed E-state index contributed by atoms with van der Waals surface area (Å²) in [6.45, 7) is 4.35. The second-order valence-electron chi connectivity index (χ2n) is 6.97. The molecule has 2 bridgehead atoms. The first-order valence-electron chi connectivity index (χ1n) is 8.24. The topological polar surface area (TPSA) is 21.7 Å². The Bertz CT molecular complexity index is 571. The maximum Gasteiger partial charge on any atom is 0.165 e. The maximum atomic E-state index is 6.19. The van der Waals surface area contributed by atoms with Crippen LogP contribution in [0.2, 0.25) is 0 Å². The largest absolute Gasteiger partial charge is 0.493 e. The van der Waals surface area contributed by atoms with E-state index in [1.165, 1.54) is 43.4 Å². The van der Waals surface area contributed by atoms with Crippen molar-refractivity contribution < 1.29 is 9.47 Å². The van der Waals surface area contributed by atoms with Gasteiger partial charge in [-0.25, -0.2) is 0 Å². The van der Waals surface area contributed by atoms with Crippen LogP contribution in [-0.4, -0.2) is 38.3 Å². The number of benzene rings is 1. The van der Waals surface area contributed by atoms with Crippen molar-refractivity contribution in [1.29, 1.82) is 0 Å². The molecular weight excluding hydrogens is 262 g/mol. The summed E-state index contributed by atoms with van der Waals surface area (Å²) in [5, 5.41) is 0. The van der Waals surface area contributed by atoms with Crippen molar-refractivity contribution in [2.45, 2.75) is 44.1 Å². The molecule has 1 saturated heterocycles. The molecular formula is C18H25NO2. The summed E-state index contributed by atoms with van der Waals surface area (Å²) in [5.41, 5.74) is 3.22. The molecule has 114 valence electrons. The quantitative estimate of drug-likeness (QED) is 0.853. The fourth-order valence-electron chi connectivity index (χ4n) is 5.09. The zero-order valence-corrected chi connectivity index (χ0v) is 13.3. The number of rotatable bonds is 3. The molecule has 3 aliphatic rings. The van der Waals surface area contributed by atoms with Crippen molar-refractivity contribution in [3.8, 4) is 11.5 Å². The molecule has 0 saturated carbocycles. The molecule has 21 heavy (non-hydrogen) atoms. The van der Waals surface area contributed by atoms with Crippen molar-refractivity contribution in [3.63, 3.8) is 0 Å². The van der Waals surface area contributed by atoms with E-state index in [0.717, 1.165) is 24.0 Å². The zero-order chi connectivity index (χ0) is 14.6. The third-order valence-corrected chi connectivity index (χ3v) is 6.08. The Kier molecular flexibility index (Phi) is 2.97. The zero-order valence-electron chi connectivity index (χ0n) is 13.3. The summed E-state index contributed by atoms with van der Waals surface area (Å²) >= 11 is 0. The second-order valence-corrected chi connectivity index (χ2v) is 6.97. The lowest BCUT2D eigenvalue weighted by molar-refractivity contribution is 0.0164. The first-order chi connectivity index (χ1) is 10.2. The molecule has 0 aromatic heterocycles. The molecule has 3 nitrogen and oxygen atoms in total. The van der Waals surface area contributed by atoms with Crippen LogP contribution in [0.1, 0.15) is 37.3 Å². The number of hydrogen-bond donors (Lipinski definition) is 0. The Balaban J connectivity index is 1.90. The number of piperidine rings is 1. The Labute approximate surface area is 127 Å².